The summed E-state index contributed by atoms with van der Waals surface area (Å²) in [7, 11) is 1.94. The molecule has 1 atom stereocenters. The van der Waals surface area contributed by atoms with Gasteiger partial charge in [-0.1, -0.05) is 20.8 Å². The minimum absolute atomic E-state index is 0.00201. The van der Waals surface area contributed by atoms with Crippen molar-refractivity contribution in [2.45, 2.75) is 33.2 Å². The van der Waals surface area contributed by atoms with E-state index in [4.69, 9.17) is 17.0 Å². The molecule has 1 saturated heterocycles. The summed E-state index contributed by atoms with van der Waals surface area (Å²) in [6.07, 6.45) is 4.25. The largest absolute Gasteiger partial charge is 0.468 e. The third-order valence-electron chi connectivity index (χ3n) is 3.18. The number of amides is 1. The average Bonchev–Trinajstić information content (AvgIpc) is 2.85. The number of hydrogen-bond acceptors (Lipinski definition) is 4. The number of rotatable bonds is 2. The van der Waals surface area contributed by atoms with Gasteiger partial charge in [0.15, 0.2) is 0 Å². The highest BCUT2D eigenvalue weighted by molar-refractivity contribution is 7.80. The zero-order valence-electron chi connectivity index (χ0n) is 11.7. The van der Waals surface area contributed by atoms with Crippen LogP contribution in [0.25, 0.3) is 0 Å². The minimum atomic E-state index is -0.470. The molecule has 1 aromatic heterocycles. The standard InChI is InChI=1S/C13H19N3O2S/c1-13(2,3)11(17)16-10(7-18-12(16)19)5-9-6-14-8-15(9)4/h6,8,10H,5,7H2,1-4H3/t10-/m0/s1. The Balaban J connectivity index is 2.19. The van der Waals surface area contributed by atoms with Gasteiger partial charge in [0.1, 0.15) is 6.61 Å². The molecule has 1 aromatic rings. The third kappa shape index (κ3) is 2.78. The summed E-state index contributed by atoms with van der Waals surface area (Å²) in [5.41, 5.74) is 0.590. The number of aromatic nitrogens is 2. The fraction of sp³-hybridized carbons (Fsp3) is 0.615. The maximum absolute atomic E-state index is 12.4. The summed E-state index contributed by atoms with van der Waals surface area (Å²) in [4.78, 5) is 18.1. The zero-order chi connectivity index (χ0) is 14.2. The Labute approximate surface area is 118 Å². The smallest absolute Gasteiger partial charge is 0.266 e. The molecule has 0 N–H and O–H groups in total. The van der Waals surface area contributed by atoms with Crippen molar-refractivity contribution in [1.29, 1.82) is 0 Å². The first kappa shape index (κ1) is 14.0. The van der Waals surface area contributed by atoms with Crippen LogP contribution in [0.5, 0.6) is 0 Å². The molecule has 1 aliphatic rings. The van der Waals surface area contributed by atoms with Crippen molar-refractivity contribution in [2.75, 3.05) is 6.61 Å². The molecule has 6 heteroatoms. The highest BCUT2D eigenvalue weighted by Crippen LogP contribution is 2.25. The topological polar surface area (TPSA) is 47.4 Å². The molecule has 1 fully saturated rings. The molecule has 0 unspecified atom stereocenters. The molecule has 0 aromatic carbocycles. The Morgan fingerprint density at radius 1 is 1.58 bits per heavy atom. The van der Waals surface area contributed by atoms with Gasteiger partial charge in [-0.25, -0.2) is 4.98 Å². The Bertz CT molecular complexity index is 504. The van der Waals surface area contributed by atoms with Crippen LogP contribution in [-0.2, 0) is 23.0 Å². The van der Waals surface area contributed by atoms with Crippen molar-refractivity contribution in [3.63, 3.8) is 0 Å². The lowest BCUT2D eigenvalue weighted by atomic mass is 9.94. The van der Waals surface area contributed by atoms with Gasteiger partial charge in [-0.2, -0.15) is 0 Å². The van der Waals surface area contributed by atoms with Crippen molar-refractivity contribution in [3.8, 4) is 0 Å². The van der Waals surface area contributed by atoms with E-state index >= 15 is 0 Å². The van der Waals surface area contributed by atoms with E-state index < -0.39 is 5.41 Å². The molecule has 2 heterocycles. The van der Waals surface area contributed by atoms with E-state index in [-0.39, 0.29) is 17.1 Å². The first-order valence-electron chi connectivity index (χ1n) is 6.26. The predicted octanol–water partition coefficient (Wildman–Crippen LogP) is 1.52. The number of carbonyl (C=O) groups is 1. The highest BCUT2D eigenvalue weighted by Gasteiger charge is 2.40. The molecule has 1 aliphatic heterocycles. The van der Waals surface area contributed by atoms with Gasteiger partial charge in [0.05, 0.1) is 12.4 Å². The number of hydrogen-bond donors (Lipinski definition) is 0. The van der Waals surface area contributed by atoms with Crippen LogP contribution in [0.3, 0.4) is 0 Å². The average molecular weight is 281 g/mol. The van der Waals surface area contributed by atoms with Crippen LogP contribution in [0.2, 0.25) is 0 Å². The Morgan fingerprint density at radius 3 is 2.79 bits per heavy atom. The first-order valence-corrected chi connectivity index (χ1v) is 6.67. The lowest BCUT2D eigenvalue weighted by Crippen LogP contribution is -2.45. The number of ether oxygens (including phenoxy) is 1. The number of aryl methyl sites for hydroxylation is 1. The summed E-state index contributed by atoms with van der Waals surface area (Å²) < 4.78 is 7.34. The number of carbonyl (C=O) groups excluding carboxylic acids is 1. The van der Waals surface area contributed by atoms with Gasteiger partial charge in [-0.15, -0.1) is 0 Å². The van der Waals surface area contributed by atoms with Gasteiger partial charge < -0.3 is 9.30 Å². The van der Waals surface area contributed by atoms with Gasteiger partial charge in [0.2, 0.25) is 5.91 Å². The van der Waals surface area contributed by atoms with Crippen LogP contribution in [0.1, 0.15) is 26.5 Å². The SMILES string of the molecule is Cn1cncc1C[C@H]1COC(=S)N1C(=O)C(C)(C)C. The molecule has 0 saturated carbocycles. The van der Waals surface area contributed by atoms with Gasteiger partial charge in [-0.3, -0.25) is 9.69 Å². The summed E-state index contributed by atoms with van der Waals surface area (Å²) in [5.74, 6) is 0.00201. The highest BCUT2D eigenvalue weighted by atomic mass is 32.1. The van der Waals surface area contributed by atoms with Gasteiger partial charge in [0.25, 0.3) is 5.17 Å². The maximum Gasteiger partial charge on any atom is 0.266 e. The van der Waals surface area contributed by atoms with Crippen LogP contribution in [0.15, 0.2) is 12.5 Å². The van der Waals surface area contributed by atoms with Crippen molar-refractivity contribution < 1.29 is 9.53 Å². The molecule has 0 spiro atoms. The summed E-state index contributed by atoms with van der Waals surface area (Å²) >= 11 is 5.15. The lowest BCUT2D eigenvalue weighted by Gasteiger charge is -2.28. The Morgan fingerprint density at radius 2 is 2.26 bits per heavy atom. The van der Waals surface area contributed by atoms with E-state index in [0.717, 1.165) is 5.69 Å². The van der Waals surface area contributed by atoms with Crippen LogP contribution in [0.4, 0.5) is 0 Å². The number of thiocarbonyl (C=S) groups is 1. The van der Waals surface area contributed by atoms with E-state index in [1.165, 1.54) is 0 Å². The molecule has 0 radical (unpaired) electrons. The molecule has 1 amide bonds. The van der Waals surface area contributed by atoms with Gasteiger partial charge in [-0.05, 0) is 12.2 Å². The van der Waals surface area contributed by atoms with Crippen LogP contribution in [0, 0.1) is 5.41 Å². The van der Waals surface area contributed by atoms with Gasteiger partial charge >= 0.3 is 0 Å². The van der Waals surface area contributed by atoms with E-state index in [0.29, 0.717) is 13.0 Å². The predicted molar refractivity (Wildman–Crippen MR) is 75.6 cm³/mol. The molecule has 0 aliphatic carbocycles. The number of imidazole rings is 1. The molecule has 19 heavy (non-hydrogen) atoms. The fourth-order valence-electron chi connectivity index (χ4n) is 2.04. The molecule has 2 rings (SSSR count). The monoisotopic (exact) mass is 281 g/mol. The molecular formula is C13H19N3O2S. The quantitative estimate of drug-likeness (QED) is 0.771. The van der Waals surface area contributed by atoms with Crippen LogP contribution in [-0.4, -0.2) is 38.2 Å². The molecule has 5 nitrogen and oxygen atoms in total. The summed E-state index contributed by atoms with van der Waals surface area (Å²) in [6.45, 7) is 6.11. The minimum Gasteiger partial charge on any atom is -0.468 e. The third-order valence-corrected chi connectivity index (χ3v) is 3.50. The van der Waals surface area contributed by atoms with E-state index in [1.807, 2.05) is 32.4 Å². The zero-order valence-corrected chi connectivity index (χ0v) is 12.5. The van der Waals surface area contributed by atoms with Crippen LogP contribution < -0.4 is 0 Å². The summed E-state index contributed by atoms with van der Waals surface area (Å²) in [5, 5.41) is 0.284. The maximum atomic E-state index is 12.4. The second-order valence-electron chi connectivity index (χ2n) is 5.86. The van der Waals surface area contributed by atoms with Crippen molar-refractivity contribution in [2.24, 2.45) is 12.5 Å². The Hall–Kier alpha value is -1.43. The van der Waals surface area contributed by atoms with E-state index in [1.54, 1.807) is 17.4 Å². The van der Waals surface area contributed by atoms with Crippen molar-refractivity contribution in [3.05, 3.63) is 18.2 Å². The second kappa shape index (κ2) is 4.92. The normalized spacial score (nSPS) is 19.7. The fourth-order valence-corrected chi connectivity index (χ4v) is 2.34. The van der Waals surface area contributed by atoms with E-state index in [9.17, 15) is 4.79 Å². The van der Waals surface area contributed by atoms with Gasteiger partial charge in [0, 0.05) is 30.8 Å². The molecule has 0 bridgehead atoms. The first-order chi connectivity index (χ1) is 8.80. The molecular weight excluding hydrogens is 262 g/mol. The molecule has 104 valence electrons. The second-order valence-corrected chi connectivity index (χ2v) is 6.21. The van der Waals surface area contributed by atoms with E-state index in [2.05, 4.69) is 4.98 Å². The van der Waals surface area contributed by atoms with Crippen LogP contribution >= 0.6 is 12.2 Å². The van der Waals surface area contributed by atoms with Crippen molar-refractivity contribution in [1.82, 2.24) is 14.5 Å². The van der Waals surface area contributed by atoms with Crippen molar-refractivity contribution >= 4 is 23.3 Å². The summed E-state index contributed by atoms with van der Waals surface area (Å²) in [6, 6.07) is -0.0466. The Kier molecular flexibility index (Phi) is 3.62. The number of nitrogens with zero attached hydrogens (tertiary/aromatic N) is 3. The lowest BCUT2D eigenvalue weighted by molar-refractivity contribution is -0.136.